The zero-order chi connectivity index (χ0) is 21.4. The third-order valence-corrected chi connectivity index (χ3v) is 4.68. The molecule has 1 unspecified atom stereocenters. The highest BCUT2D eigenvalue weighted by molar-refractivity contribution is 6.30. The second-order valence-corrected chi connectivity index (χ2v) is 6.91. The van der Waals surface area contributed by atoms with E-state index in [1.165, 1.54) is 6.92 Å². The van der Waals surface area contributed by atoms with E-state index < -0.39 is 23.9 Å². The van der Waals surface area contributed by atoms with Gasteiger partial charge < -0.3 is 15.4 Å². The van der Waals surface area contributed by atoms with Crippen LogP contribution in [0, 0.1) is 0 Å². The second-order valence-electron chi connectivity index (χ2n) is 6.47. The molecule has 29 heavy (non-hydrogen) atoms. The highest BCUT2D eigenvalue weighted by atomic mass is 35.5. The van der Waals surface area contributed by atoms with Gasteiger partial charge in [0.25, 0.3) is 11.8 Å². The minimum absolute atomic E-state index is 0.342. The lowest BCUT2D eigenvalue weighted by Gasteiger charge is -2.18. The Labute approximate surface area is 175 Å². The van der Waals surface area contributed by atoms with E-state index in [1.54, 1.807) is 24.3 Å². The van der Waals surface area contributed by atoms with Crippen LogP contribution >= 0.6 is 11.6 Å². The van der Waals surface area contributed by atoms with Crippen LogP contribution in [0.3, 0.4) is 0 Å². The number of amides is 2. The molecule has 0 bridgehead atoms. The summed E-state index contributed by atoms with van der Waals surface area (Å²) < 4.78 is 5.15. The lowest BCUT2D eigenvalue weighted by molar-refractivity contribution is -0.152. The summed E-state index contributed by atoms with van der Waals surface area (Å²) in [6, 6.07) is 12.1. The van der Waals surface area contributed by atoms with Crippen LogP contribution in [-0.2, 0) is 27.2 Å². The van der Waals surface area contributed by atoms with Crippen molar-refractivity contribution < 1.29 is 19.1 Å². The number of carbonyl (C=O) groups is 3. The molecule has 2 aromatic rings. The molecule has 2 aromatic carbocycles. The van der Waals surface area contributed by atoms with Gasteiger partial charge in [0.15, 0.2) is 6.10 Å². The first kappa shape index (κ1) is 22.4. The summed E-state index contributed by atoms with van der Waals surface area (Å²) in [5.41, 5.74) is 3.18. The van der Waals surface area contributed by atoms with Crippen molar-refractivity contribution in [1.82, 2.24) is 5.32 Å². The van der Waals surface area contributed by atoms with Crippen LogP contribution in [0.1, 0.15) is 42.3 Å². The molecule has 2 amide bonds. The highest BCUT2D eigenvalue weighted by Crippen LogP contribution is 2.23. The first-order valence-corrected chi connectivity index (χ1v) is 9.88. The van der Waals surface area contributed by atoms with Crippen molar-refractivity contribution >= 4 is 35.1 Å². The number of esters is 1. The third kappa shape index (κ3) is 6.32. The molecule has 7 heteroatoms. The Morgan fingerprint density at radius 2 is 1.59 bits per heavy atom. The number of hydrogen-bond donors (Lipinski definition) is 2. The van der Waals surface area contributed by atoms with E-state index in [0.717, 1.165) is 29.7 Å². The van der Waals surface area contributed by atoms with Gasteiger partial charge in [0, 0.05) is 16.3 Å². The van der Waals surface area contributed by atoms with E-state index in [0.29, 0.717) is 10.6 Å². The van der Waals surface area contributed by atoms with Crippen LogP contribution in [0.4, 0.5) is 5.69 Å². The standard InChI is InChI=1S/C22H25ClN2O4/c1-4-15-7-6-8-16(5-2)20(15)25-21(27)14(3)29-19(26)13-24-22(28)17-9-11-18(23)12-10-17/h6-12,14H,4-5,13H2,1-3H3,(H,24,28)(H,25,27). The minimum Gasteiger partial charge on any atom is -0.451 e. The van der Waals surface area contributed by atoms with Gasteiger partial charge in [-0.05, 0) is 55.2 Å². The lowest BCUT2D eigenvalue weighted by atomic mass is 10.0. The molecule has 0 saturated carbocycles. The van der Waals surface area contributed by atoms with Gasteiger partial charge in [-0.1, -0.05) is 43.6 Å². The first-order valence-electron chi connectivity index (χ1n) is 9.50. The van der Waals surface area contributed by atoms with Gasteiger partial charge in [0.1, 0.15) is 6.54 Å². The summed E-state index contributed by atoms with van der Waals surface area (Å²) in [6.45, 7) is 5.17. The number of nitrogens with one attached hydrogen (secondary N) is 2. The Morgan fingerprint density at radius 3 is 2.14 bits per heavy atom. The van der Waals surface area contributed by atoms with Crippen molar-refractivity contribution in [2.24, 2.45) is 0 Å². The fourth-order valence-corrected chi connectivity index (χ4v) is 2.90. The zero-order valence-electron chi connectivity index (χ0n) is 16.8. The van der Waals surface area contributed by atoms with E-state index in [4.69, 9.17) is 16.3 Å². The minimum atomic E-state index is -0.996. The van der Waals surface area contributed by atoms with Crippen LogP contribution in [0.15, 0.2) is 42.5 Å². The van der Waals surface area contributed by atoms with Crippen molar-refractivity contribution in [2.45, 2.75) is 39.7 Å². The summed E-state index contributed by atoms with van der Waals surface area (Å²) in [6.07, 6.45) is 0.549. The van der Waals surface area contributed by atoms with Crippen LogP contribution in [0.2, 0.25) is 5.02 Å². The molecule has 0 heterocycles. The Morgan fingerprint density at radius 1 is 1.00 bits per heavy atom. The quantitative estimate of drug-likeness (QED) is 0.641. The number of para-hydroxylation sites is 1. The maximum Gasteiger partial charge on any atom is 0.326 e. The Kier molecular flexibility index (Phi) is 8.21. The van der Waals surface area contributed by atoms with Crippen LogP contribution in [-0.4, -0.2) is 30.4 Å². The number of carbonyl (C=O) groups excluding carboxylic acids is 3. The molecule has 1 atom stereocenters. The number of benzene rings is 2. The molecular formula is C22H25ClN2O4. The molecule has 2 N–H and O–H groups in total. The first-order chi connectivity index (χ1) is 13.8. The Balaban J connectivity index is 1.90. The lowest BCUT2D eigenvalue weighted by Crippen LogP contribution is -2.36. The molecule has 2 rings (SSSR count). The molecule has 0 aliphatic carbocycles. The van der Waals surface area contributed by atoms with Gasteiger partial charge in [0.2, 0.25) is 0 Å². The van der Waals surface area contributed by atoms with Gasteiger partial charge >= 0.3 is 5.97 Å². The fourth-order valence-electron chi connectivity index (χ4n) is 2.78. The van der Waals surface area contributed by atoms with E-state index in [9.17, 15) is 14.4 Å². The van der Waals surface area contributed by atoms with Crippen molar-refractivity contribution in [2.75, 3.05) is 11.9 Å². The molecule has 0 radical (unpaired) electrons. The van der Waals surface area contributed by atoms with E-state index >= 15 is 0 Å². The van der Waals surface area contributed by atoms with Gasteiger partial charge in [-0.3, -0.25) is 14.4 Å². The van der Waals surface area contributed by atoms with Gasteiger partial charge in [-0.15, -0.1) is 0 Å². The van der Waals surface area contributed by atoms with Crippen molar-refractivity contribution in [3.63, 3.8) is 0 Å². The molecular weight excluding hydrogens is 392 g/mol. The smallest absolute Gasteiger partial charge is 0.326 e. The SMILES string of the molecule is CCc1cccc(CC)c1NC(=O)C(C)OC(=O)CNC(=O)c1ccc(Cl)cc1. The zero-order valence-corrected chi connectivity index (χ0v) is 17.5. The normalized spacial score (nSPS) is 11.4. The van der Waals surface area contributed by atoms with E-state index in [2.05, 4.69) is 10.6 Å². The Bertz CT molecular complexity index is 859. The van der Waals surface area contributed by atoms with Gasteiger partial charge in [-0.2, -0.15) is 0 Å². The summed E-state index contributed by atoms with van der Waals surface area (Å²) in [5, 5.41) is 5.84. The van der Waals surface area contributed by atoms with Gasteiger partial charge in [-0.25, -0.2) is 0 Å². The maximum atomic E-state index is 12.5. The average Bonchev–Trinajstić information content (AvgIpc) is 2.72. The van der Waals surface area contributed by atoms with Crippen LogP contribution in [0.5, 0.6) is 0 Å². The molecule has 0 spiro atoms. The third-order valence-electron chi connectivity index (χ3n) is 4.42. The van der Waals surface area contributed by atoms with Crippen LogP contribution in [0.25, 0.3) is 0 Å². The molecule has 0 aliphatic rings. The molecule has 0 fully saturated rings. The summed E-state index contributed by atoms with van der Waals surface area (Å²) in [4.78, 5) is 36.5. The largest absolute Gasteiger partial charge is 0.451 e. The summed E-state index contributed by atoms with van der Waals surface area (Å²) >= 11 is 5.78. The predicted molar refractivity (Wildman–Crippen MR) is 113 cm³/mol. The number of anilines is 1. The number of halogens is 1. The van der Waals surface area contributed by atoms with Crippen molar-refractivity contribution in [3.8, 4) is 0 Å². The summed E-state index contributed by atoms with van der Waals surface area (Å²) in [7, 11) is 0. The molecule has 6 nitrogen and oxygen atoms in total. The molecule has 0 aliphatic heterocycles. The number of aryl methyl sites for hydroxylation is 2. The number of rotatable bonds is 8. The Hall–Kier alpha value is -2.86. The highest BCUT2D eigenvalue weighted by Gasteiger charge is 2.20. The second kappa shape index (κ2) is 10.6. The monoisotopic (exact) mass is 416 g/mol. The predicted octanol–water partition coefficient (Wildman–Crippen LogP) is 3.77. The van der Waals surface area contributed by atoms with Gasteiger partial charge in [0.05, 0.1) is 0 Å². The molecule has 0 saturated heterocycles. The average molecular weight is 417 g/mol. The fraction of sp³-hybridized carbons (Fsp3) is 0.318. The summed E-state index contributed by atoms with van der Waals surface area (Å²) in [5.74, 6) is -1.55. The molecule has 0 aromatic heterocycles. The van der Waals surface area contributed by atoms with Crippen molar-refractivity contribution in [3.05, 3.63) is 64.2 Å². The molecule has 154 valence electrons. The number of ether oxygens (including phenoxy) is 1. The number of hydrogen-bond acceptors (Lipinski definition) is 4. The van der Waals surface area contributed by atoms with E-state index in [-0.39, 0.29) is 6.54 Å². The van der Waals surface area contributed by atoms with E-state index in [1.807, 2.05) is 32.0 Å². The topological polar surface area (TPSA) is 84.5 Å². The maximum absolute atomic E-state index is 12.5. The van der Waals surface area contributed by atoms with Crippen molar-refractivity contribution in [1.29, 1.82) is 0 Å². The van der Waals surface area contributed by atoms with Crippen LogP contribution < -0.4 is 10.6 Å².